The first-order chi connectivity index (χ1) is 8.99. The van der Waals surface area contributed by atoms with Gasteiger partial charge >= 0.3 is 5.97 Å². The molecule has 0 aromatic heterocycles. The maximum Gasteiger partial charge on any atom is 0.326 e. The number of nitrogens with zero attached hydrogens (tertiary/aromatic N) is 1. The first kappa shape index (κ1) is 13.4. The summed E-state index contributed by atoms with van der Waals surface area (Å²) in [6.07, 6.45) is 1.35. The minimum atomic E-state index is -0.935. The van der Waals surface area contributed by atoms with Crippen LogP contribution in [0, 0.1) is 5.92 Å². The molecule has 2 unspecified atom stereocenters. The SMILES string of the molecule is CC1CCN(C(=O)c2ccc(N)cc2)C(C(=O)O)C1. The van der Waals surface area contributed by atoms with Gasteiger partial charge in [0.2, 0.25) is 0 Å². The number of carbonyl (C=O) groups excluding carboxylic acids is 1. The Labute approximate surface area is 112 Å². The van der Waals surface area contributed by atoms with E-state index in [0.717, 1.165) is 6.42 Å². The summed E-state index contributed by atoms with van der Waals surface area (Å²) in [6, 6.07) is 5.84. The Bertz CT molecular complexity index is 484. The highest BCUT2D eigenvalue weighted by Crippen LogP contribution is 2.24. The Kier molecular flexibility index (Phi) is 3.74. The van der Waals surface area contributed by atoms with E-state index in [1.165, 1.54) is 4.90 Å². The molecule has 1 aliphatic rings. The number of nitrogens with two attached hydrogens (primary N) is 1. The quantitative estimate of drug-likeness (QED) is 0.793. The monoisotopic (exact) mass is 262 g/mol. The Balaban J connectivity index is 2.21. The second kappa shape index (κ2) is 5.30. The van der Waals surface area contributed by atoms with Gasteiger partial charge in [0.05, 0.1) is 0 Å². The molecule has 3 N–H and O–H groups in total. The standard InChI is InChI=1S/C14H18N2O3/c1-9-6-7-16(12(8-9)14(18)19)13(17)10-2-4-11(15)5-3-10/h2-5,9,12H,6-8,15H2,1H3,(H,18,19). The van der Waals surface area contributed by atoms with E-state index in [9.17, 15) is 14.7 Å². The minimum Gasteiger partial charge on any atom is -0.480 e. The average molecular weight is 262 g/mol. The molecule has 1 fully saturated rings. The van der Waals surface area contributed by atoms with Crippen LogP contribution in [0.5, 0.6) is 0 Å². The highest BCUT2D eigenvalue weighted by Gasteiger charge is 2.34. The van der Waals surface area contributed by atoms with Gasteiger partial charge in [0.15, 0.2) is 0 Å². The fraction of sp³-hybridized carbons (Fsp3) is 0.429. The molecular weight excluding hydrogens is 244 g/mol. The molecule has 0 spiro atoms. The fourth-order valence-corrected chi connectivity index (χ4v) is 2.41. The minimum absolute atomic E-state index is 0.237. The topological polar surface area (TPSA) is 83.6 Å². The van der Waals surface area contributed by atoms with Crippen molar-refractivity contribution in [1.29, 1.82) is 0 Å². The van der Waals surface area contributed by atoms with Crippen LogP contribution in [0.1, 0.15) is 30.1 Å². The zero-order valence-corrected chi connectivity index (χ0v) is 10.9. The molecule has 102 valence electrons. The number of carboxylic acids is 1. The zero-order chi connectivity index (χ0) is 14.0. The van der Waals surface area contributed by atoms with Crippen molar-refractivity contribution in [2.45, 2.75) is 25.8 Å². The molecule has 5 heteroatoms. The van der Waals surface area contributed by atoms with Crippen LogP contribution in [0.25, 0.3) is 0 Å². The van der Waals surface area contributed by atoms with Crippen LogP contribution in [-0.2, 0) is 4.79 Å². The highest BCUT2D eigenvalue weighted by molar-refractivity contribution is 5.97. The van der Waals surface area contributed by atoms with Gasteiger partial charge in [-0.15, -0.1) is 0 Å². The smallest absolute Gasteiger partial charge is 0.326 e. The fourth-order valence-electron chi connectivity index (χ4n) is 2.41. The third-order valence-corrected chi connectivity index (χ3v) is 3.57. The summed E-state index contributed by atoms with van der Waals surface area (Å²) < 4.78 is 0. The van der Waals surface area contributed by atoms with E-state index in [1.807, 2.05) is 6.92 Å². The zero-order valence-electron chi connectivity index (χ0n) is 10.9. The molecule has 2 rings (SSSR count). The summed E-state index contributed by atoms with van der Waals surface area (Å²) in [5.41, 5.74) is 6.64. The lowest BCUT2D eigenvalue weighted by Gasteiger charge is -2.36. The van der Waals surface area contributed by atoms with Crippen LogP contribution in [0.2, 0.25) is 0 Å². The van der Waals surface area contributed by atoms with Crippen molar-refractivity contribution >= 4 is 17.6 Å². The Hall–Kier alpha value is -2.04. The molecule has 0 saturated carbocycles. The number of carboxylic acid groups (broad SMARTS) is 1. The summed E-state index contributed by atoms with van der Waals surface area (Å²) in [4.78, 5) is 25.1. The molecule has 5 nitrogen and oxygen atoms in total. The van der Waals surface area contributed by atoms with Gasteiger partial charge in [0.1, 0.15) is 6.04 Å². The van der Waals surface area contributed by atoms with Gasteiger partial charge in [0.25, 0.3) is 5.91 Å². The van der Waals surface area contributed by atoms with Crippen molar-refractivity contribution in [2.75, 3.05) is 12.3 Å². The first-order valence-electron chi connectivity index (χ1n) is 6.38. The second-order valence-corrected chi connectivity index (χ2v) is 5.10. The van der Waals surface area contributed by atoms with Crippen LogP contribution < -0.4 is 5.73 Å². The number of amides is 1. The molecule has 0 radical (unpaired) electrons. The molecule has 2 atom stereocenters. The van der Waals surface area contributed by atoms with Crippen molar-refractivity contribution in [3.63, 3.8) is 0 Å². The van der Waals surface area contributed by atoms with E-state index in [-0.39, 0.29) is 5.91 Å². The number of piperidine rings is 1. The largest absolute Gasteiger partial charge is 0.480 e. The molecule has 19 heavy (non-hydrogen) atoms. The molecule has 1 aromatic carbocycles. The maximum absolute atomic E-state index is 12.4. The van der Waals surface area contributed by atoms with Gasteiger partial charge in [0, 0.05) is 17.8 Å². The predicted octanol–water partition coefficient (Wildman–Crippen LogP) is 1.59. The predicted molar refractivity (Wildman–Crippen MR) is 71.7 cm³/mol. The number of aliphatic carboxylic acids is 1. The van der Waals surface area contributed by atoms with Crippen molar-refractivity contribution in [1.82, 2.24) is 4.90 Å². The van der Waals surface area contributed by atoms with E-state index >= 15 is 0 Å². The maximum atomic E-state index is 12.4. The van der Waals surface area contributed by atoms with Crippen LogP contribution in [0.4, 0.5) is 5.69 Å². The van der Waals surface area contributed by atoms with Crippen molar-refractivity contribution in [2.24, 2.45) is 5.92 Å². The van der Waals surface area contributed by atoms with Crippen molar-refractivity contribution < 1.29 is 14.7 Å². The molecular formula is C14H18N2O3. The Morgan fingerprint density at radius 2 is 1.95 bits per heavy atom. The van der Waals surface area contributed by atoms with Gasteiger partial charge in [-0.1, -0.05) is 6.92 Å². The third-order valence-electron chi connectivity index (χ3n) is 3.57. The van der Waals surface area contributed by atoms with Crippen molar-refractivity contribution in [3.8, 4) is 0 Å². The second-order valence-electron chi connectivity index (χ2n) is 5.10. The van der Waals surface area contributed by atoms with Gasteiger partial charge in [-0.05, 0) is 43.0 Å². The van der Waals surface area contributed by atoms with E-state index in [2.05, 4.69) is 0 Å². The summed E-state index contributed by atoms with van der Waals surface area (Å²) in [6.45, 7) is 2.50. The molecule has 1 amide bonds. The lowest BCUT2D eigenvalue weighted by Crippen LogP contribution is -2.49. The number of nitrogen functional groups attached to an aromatic ring is 1. The van der Waals surface area contributed by atoms with E-state index in [1.54, 1.807) is 24.3 Å². The van der Waals surface area contributed by atoms with Gasteiger partial charge in [-0.2, -0.15) is 0 Å². The number of hydrogen-bond acceptors (Lipinski definition) is 3. The van der Waals surface area contributed by atoms with Gasteiger partial charge in [-0.3, -0.25) is 4.79 Å². The number of rotatable bonds is 2. The Morgan fingerprint density at radius 3 is 2.53 bits per heavy atom. The molecule has 1 aliphatic heterocycles. The third kappa shape index (κ3) is 2.86. The van der Waals surface area contributed by atoms with Gasteiger partial charge in [-0.25, -0.2) is 4.79 Å². The first-order valence-corrected chi connectivity index (χ1v) is 6.38. The summed E-state index contributed by atoms with van der Waals surface area (Å²) in [5.74, 6) is -0.841. The lowest BCUT2D eigenvalue weighted by atomic mass is 9.92. The molecule has 1 heterocycles. The van der Waals surface area contributed by atoms with Crippen molar-refractivity contribution in [3.05, 3.63) is 29.8 Å². The molecule has 0 bridgehead atoms. The summed E-state index contributed by atoms with van der Waals surface area (Å²) >= 11 is 0. The molecule has 1 saturated heterocycles. The van der Waals surface area contributed by atoms with E-state index in [0.29, 0.717) is 30.1 Å². The number of benzene rings is 1. The van der Waals surface area contributed by atoms with Crippen LogP contribution in [-0.4, -0.2) is 34.5 Å². The van der Waals surface area contributed by atoms with E-state index in [4.69, 9.17) is 5.73 Å². The number of likely N-dealkylation sites (tertiary alicyclic amines) is 1. The van der Waals surface area contributed by atoms with Gasteiger partial charge < -0.3 is 15.7 Å². The van der Waals surface area contributed by atoms with Crippen LogP contribution in [0.15, 0.2) is 24.3 Å². The number of carbonyl (C=O) groups is 2. The van der Waals surface area contributed by atoms with Crippen LogP contribution >= 0.6 is 0 Å². The summed E-state index contributed by atoms with van der Waals surface area (Å²) in [5, 5.41) is 9.25. The lowest BCUT2D eigenvalue weighted by molar-refractivity contribution is -0.144. The Morgan fingerprint density at radius 1 is 1.32 bits per heavy atom. The highest BCUT2D eigenvalue weighted by atomic mass is 16.4. The number of anilines is 1. The molecule has 0 aliphatic carbocycles. The van der Waals surface area contributed by atoms with E-state index < -0.39 is 12.0 Å². The summed E-state index contributed by atoms with van der Waals surface area (Å²) in [7, 11) is 0. The normalized spacial score (nSPS) is 23.1. The average Bonchev–Trinajstić information content (AvgIpc) is 2.38. The van der Waals surface area contributed by atoms with Crippen LogP contribution in [0.3, 0.4) is 0 Å². The number of hydrogen-bond donors (Lipinski definition) is 2. The molecule has 1 aromatic rings.